The molecule has 3 aromatic rings. The van der Waals surface area contributed by atoms with E-state index in [9.17, 15) is 23.3 Å². The molecule has 270 valence electrons. The number of nitrogens with one attached hydrogen (secondary N) is 1. The molecule has 14 heteroatoms. The number of benzene rings is 1. The van der Waals surface area contributed by atoms with Gasteiger partial charge < -0.3 is 34.3 Å². The molecule has 0 bridgehead atoms. The van der Waals surface area contributed by atoms with Gasteiger partial charge in [-0.05, 0) is 92.3 Å². The topological polar surface area (TPSA) is 149 Å². The highest BCUT2D eigenvalue weighted by Gasteiger charge is 2.52. The first kappa shape index (κ1) is 40.2. The fourth-order valence-electron chi connectivity index (χ4n) is 6.26. The van der Waals surface area contributed by atoms with Crippen molar-refractivity contribution in [1.29, 1.82) is 0 Å². The number of rotatable bonds is 8. The zero-order chi connectivity index (χ0) is 36.4. The summed E-state index contributed by atoms with van der Waals surface area (Å²) in [5.41, 5.74) is 1.73. The van der Waals surface area contributed by atoms with Gasteiger partial charge in [-0.15, -0.1) is 11.3 Å². The maximum atomic E-state index is 13.6. The molecule has 2 amide bonds. The summed E-state index contributed by atoms with van der Waals surface area (Å²) in [4.78, 5) is 65.1. The van der Waals surface area contributed by atoms with Crippen LogP contribution in [0, 0.1) is 0 Å². The molecule has 2 unspecified atom stereocenters. The summed E-state index contributed by atoms with van der Waals surface area (Å²) in [5.74, 6) is -1.67. The van der Waals surface area contributed by atoms with Crippen molar-refractivity contribution in [2.24, 2.45) is 7.05 Å². The first-order valence-corrected chi connectivity index (χ1v) is 19.2. The third-order valence-electron chi connectivity index (χ3n) is 9.37. The van der Waals surface area contributed by atoms with Gasteiger partial charge in [-0.25, -0.2) is 4.39 Å². The van der Waals surface area contributed by atoms with E-state index in [-0.39, 0.29) is 17.0 Å². The minimum atomic E-state index is -4.82. The molecule has 2 aromatic heterocycles. The van der Waals surface area contributed by atoms with Crippen molar-refractivity contribution >= 4 is 47.6 Å². The fourth-order valence-corrected chi connectivity index (χ4v) is 7.80. The number of carbonyl (C=O) groups is 3. The Hall–Kier alpha value is -3.22. The van der Waals surface area contributed by atoms with Gasteiger partial charge in [0, 0.05) is 62.7 Å². The van der Waals surface area contributed by atoms with Crippen molar-refractivity contribution in [2.75, 3.05) is 33.7 Å². The average molecular weight is 721 g/mol. The van der Waals surface area contributed by atoms with Crippen LogP contribution in [0.25, 0.3) is 10.1 Å². The quantitative estimate of drug-likeness (QED) is 0.197. The molecule has 1 saturated carbocycles. The van der Waals surface area contributed by atoms with Crippen LogP contribution in [-0.2, 0) is 21.2 Å². The third kappa shape index (κ3) is 10.9. The molecular weight excluding hydrogens is 670 g/mol. The molecule has 2 saturated heterocycles. The van der Waals surface area contributed by atoms with Gasteiger partial charge in [-0.1, -0.05) is 25.8 Å². The van der Waals surface area contributed by atoms with Gasteiger partial charge >= 0.3 is 7.60 Å². The minimum Gasteiger partial charge on any atom is -0.354 e. The Kier molecular flexibility index (Phi) is 14.9. The van der Waals surface area contributed by atoms with E-state index in [2.05, 4.69) is 30.3 Å². The van der Waals surface area contributed by atoms with Crippen LogP contribution in [0.1, 0.15) is 97.3 Å². The highest BCUT2D eigenvalue weighted by atomic mass is 32.1. The lowest BCUT2D eigenvalue weighted by molar-refractivity contribution is -0.130. The number of fused-ring (bicyclic) bond motifs is 1. The van der Waals surface area contributed by atoms with Crippen molar-refractivity contribution in [3.63, 3.8) is 0 Å². The third-order valence-corrected chi connectivity index (χ3v) is 11.4. The normalized spacial score (nSPS) is 18.4. The summed E-state index contributed by atoms with van der Waals surface area (Å²) in [5, 5.41) is 3.06. The van der Waals surface area contributed by atoms with E-state index in [0.717, 1.165) is 37.2 Å². The molecule has 2 atom stereocenters. The Morgan fingerprint density at radius 3 is 2.33 bits per heavy atom. The van der Waals surface area contributed by atoms with Crippen molar-refractivity contribution in [1.82, 2.24) is 19.7 Å². The molecule has 49 heavy (non-hydrogen) atoms. The number of pyridine rings is 1. The number of thiophene rings is 1. The molecule has 1 spiro atoms. The molecule has 4 heterocycles. The number of aromatic nitrogens is 1. The SMILES string of the molecule is C=O.CCCCCC(=O)N1CCCC1.CN1CC(c2ccn(C)c(=O)c2)CC12CC2.CNC(=O)c1cc2cc(C(F)P(=O)(O)O)ccc2s1. The molecule has 3 N–H and O–H groups in total. The van der Waals surface area contributed by atoms with Crippen molar-refractivity contribution in [2.45, 2.75) is 82.1 Å². The largest absolute Gasteiger partial charge is 0.363 e. The number of hydrogen-bond donors (Lipinski definition) is 3. The molecule has 1 aliphatic carbocycles. The molecule has 6 rings (SSSR count). The lowest BCUT2D eigenvalue weighted by Gasteiger charge is -2.16. The average Bonchev–Trinajstić information content (AvgIpc) is 3.39. The van der Waals surface area contributed by atoms with Crippen molar-refractivity contribution < 1.29 is 33.1 Å². The van der Waals surface area contributed by atoms with E-state index in [1.54, 1.807) is 29.8 Å². The standard InChI is InChI=1S/C13H18N2O.C11H11FNO4PS.C10H19NO.CH2O/c1-14-6-3-10(7-12(14)16)11-8-13(4-5-13)15(2)9-11;1-13-11(14)9-5-7-4-6(2-3-8(7)19-9)10(12)18(15,16)17;1-2-3-4-7-10(12)11-8-5-6-9-11;1-2/h3,6-7,11H,4-5,8-9H2,1-2H3;2-5,10H,1H3,(H,13,14)(H2,15,16,17);2-9H2,1H3;1H2. The monoisotopic (exact) mass is 720 g/mol. The smallest absolute Gasteiger partial charge is 0.354 e. The maximum absolute atomic E-state index is 13.6. The Labute approximate surface area is 291 Å². The van der Waals surface area contributed by atoms with Crippen molar-refractivity contribution in [3.8, 4) is 0 Å². The molecule has 3 fully saturated rings. The Morgan fingerprint density at radius 1 is 1.10 bits per heavy atom. The second kappa shape index (κ2) is 18.1. The molecule has 1 aromatic carbocycles. The lowest BCUT2D eigenvalue weighted by Crippen LogP contribution is -2.27. The first-order chi connectivity index (χ1) is 23.3. The van der Waals surface area contributed by atoms with Gasteiger partial charge in [-0.2, -0.15) is 0 Å². The van der Waals surface area contributed by atoms with Crippen LogP contribution in [0.4, 0.5) is 4.39 Å². The number of halogens is 1. The predicted octanol–water partition coefficient (Wildman–Crippen LogP) is 5.75. The molecule has 3 aliphatic rings. The maximum Gasteiger partial charge on any atom is 0.363 e. The summed E-state index contributed by atoms with van der Waals surface area (Å²) in [6.45, 7) is 7.28. The highest BCUT2D eigenvalue weighted by molar-refractivity contribution is 7.51. The second-order valence-corrected chi connectivity index (χ2v) is 15.6. The van der Waals surface area contributed by atoms with Gasteiger partial charge in [0.2, 0.25) is 11.8 Å². The number of hydrogen-bond acceptors (Lipinski definition) is 7. The minimum absolute atomic E-state index is 0.0953. The van der Waals surface area contributed by atoms with Gasteiger partial charge in [0.25, 0.3) is 11.5 Å². The summed E-state index contributed by atoms with van der Waals surface area (Å²) >= 11 is 1.23. The van der Waals surface area contributed by atoms with Crippen LogP contribution >= 0.6 is 18.9 Å². The van der Waals surface area contributed by atoms with Crippen molar-refractivity contribution in [3.05, 3.63) is 69.0 Å². The van der Waals surface area contributed by atoms with Crippen LogP contribution < -0.4 is 10.9 Å². The number of likely N-dealkylation sites (N-methyl/N-ethyl adjacent to an activating group) is 1. The fraction of sp³-hybridized carbons (Fsp3) is 0.543. The molecule has 0 radical (unpaired) electrons. The van der Waals surface area contributed by atoms with E-state index >= 15 is 0 Å². The van der Waals surface area contributed by atoms with Gasteiger partial charge in [0.15, 0.2) is 0 Å². The van der Waals surface area contributed by atoms with Gasteiger partial charge in [0.05, 0.1) is 4.88 Å². The van der Waals surface area contributed by atoms with Crippen LogP contribution in [0.2, 0.25) is 0 Å². The van der Waals surface area contributed by atoms with Crippen LogP contribution in [0.3, 0.4) is 0 Å². The Balaban J connectivity index is 0.000000199. The van der Waals surface area contributed by atoms with Crippen LogP contribution in [0.15, 0.2) is 47.4 Å². The Morgan fingerprint density at radius 2 is 1.78 bits per heavy atom. The zero-order valence-electron chi connectivity index (χ0n) is 28.9. The highest BCUT2D eigenvalue weighted by Crippen LogP contribution is 2.53. The molecular formula is C35H50FN4O7PS. The molecule has 11 nitrogen and oxygen atoms in total. The summed E-state index contributed by atoms with van der Waals surface area (Å²) < 4.78 is 26.8. The van der Waals surface area contributed by atoms with Crippen LogP contribution in [0.5, 0.6) is 0 Å². The Bertz CT molecular complexity index is 1660. The van der Waals surface area contributed by atoms with Gasteiger partial charge in [0.1, 0.15) is 6.79 Å². The zero-order valence-corrected chi connectivity index (χ0v) is 30.6. The number of carbonyl (C=O) groups excluding carboxylic acids is 3. The second-order valence-electron chi connectivity index (χ2n) is 12.9. The molecule has 2 aliphatic heterocycles. The number of unbranched alkanes of at least 4 members (excludes halogenated alkanes) is 2. The van der Waals surface area contributed by atoms with E-state index in [4.69, 9.17) is 14.6 Å². The predicted molar refractivity (Wildman–Crippen MR) is 192 cm³/mol. The van der Waals surface area contributed by atoms with E-state index in [1.165, 1.54) is 81.0 Å². The van der Waals surface area contributed by atoms with Crippen LogP contribution in [-0.4, -0.2) is 82.0 Å². The number of nitrogens with zero attached hydrogens (tertiary/aromatic N) is 3. The number of amides is 2. The van der Waals surface area contributed by atoms with Gasteiger partial charge in [-0.3, -0.25) is 18.9 Å². The van der Waals surface area contributed by atoms with E-state index in [0.29, 0.717) is 27.6 Å². The summed E-state index contributed by atoms with van der Waals surface area (Å²) in [6.07, 6.45) is 12.5. The number of likely N-dealkylation sites (tertiary alicyclic amines) is 2. The van der Waals surface area contributed by atoms with E-state index < -0.39 is 13.5 Å². The number of aryl methyl sites for hydroxylation is 1. The number of alkyl halides is 1. The van der Waals surface area contributed by atoms with E-state index in [1.807, 2.05) is 17.9 Å². The summed E-state index contributed by atoms with van der Waals surface area (Å²) in [6, 6.07) is 9.68. The summed E-state index contributed by atoms with van der Waals surface area (Å²) in [7, 11) is 0.703. The first-order valence-electron chi connectivity index (χ1n) is 16.7. The lowest BCUT2D eigenvalue weighted by atomic mass is 9.96.